The van der Waals surface area contributed by atoms with Crippen molar-refractivity contribution >= 4 is 17.8 Å². The number of hydrogen-bond acceptors (Lipinski definition) is 2. The summed E-state index contributed by atoms with van der Waals surface area (Å²) in [6.07, 6.45) is 0. The zero-order chi connectivity index (χ0) is 12.3. The van der Waals surface area contributed by atoms with Crippen LogP contribution in [0.25, 0.3) is 0 Å². The number of halogens is 1. The normalized spacial score (nSPS) is 19.4. The van der Waals surface area contributed by atoms with Crippen LogP contribution >= 0.6 is 11.8 Å². The van der Waals surface area contributed by atoms with Crippen LogP contribution < -0.4 is 5.32 Å². The number of nitrogens with one attached hydrogen (secondary N) is 1. The van der Waals surface area contributed by atoms with Crippen LogP contribution in [0.3, 0.4) is 0 Å². The second-order valence-electron chi connectivity index (χ2n) is 3.80. The van der Waals surface area contributed by atoms with Crippen LogP contribution in [0.2, 0.25) is 0 Å². The second kappa shape index (κ2) is 5.40. The Morgan fingerprint density at radius 3 is 2.88 bits per heavy atom. The van der Waals surface area contributed by atoms with Crippen LogP contribution in [-0.2, 0) is 0 Å². The zero-order valence-corrected chi connectivity index (χ0v) is 10.5. The lowest BCUT2D eigenvalue weighted by Crippen LogP contribution is -2.39. The molecule has 1 heterocycles. The number of nitrogens with zero attached hydrogens (tertiary/aromatic N) is 1. The number of carbonyl (C=O) groups is 1. The smallest absolute Gasteiger partial charge is 0.318 e. The maximum atomic E-state index is 12.9. The van der Waals surface area contributed by atoms with Gasteiger partial charge >= 0.3 is 6.03 Å². The van der Waals surface area contributed by atoms with E-state index in [2.05, 4.69) is 5.32 Å². The van der Waals surface area contributed by atoms with E-state index in [0.717, 1.165) is 17.9 Å². The number of hydrogen-bond donors (Lipinski definition) is 1. The number of carbonyl (C=O) groups excluding carboxylic acids is 1. The van der Waals surface area contributed by atoms with Crippen LogP contribution in [0.5, 0.6) is 0 Å². The molecule has 2 amide bonds. The molecule has 1 aliphatic rings. The quantitative estimate of drug-likeness (QED) is 0.880. The third-order valence-electron chi connectivity index (χ3n) is 2.64. The van der Waals surface area contributed by atoms with Crippen LogP contribution in [0, 0.1) is 5.82 Å². The molecule has 1 aromatic rings. The molecule has 0 unspecified atom stereocenters. The van der Waals surface area contributed by atoms with E-state index in [0.29, 0.717) is 6.54 Å². The third kappa shape index (κ3) is 2.72. The summed E-state index contributed by atoms with van der Waals surface area (Å²) in [4.78, 5) is 13.6. The van der Waals surface area contributed by atoms with Crippen molar-refractivity contribution in [3.63, 3.8) is 0 Å². The molecule has 1 aromatic carbocycles. The van der Waals surface area contributed by atoms with E-state index in [1.807, 2.05) is 6.92 Å². The minimum atomic E-state index is -0.249. The molecule has 0 bridgehead atoms. The summed E-state index contributed by atoms with van der Waals surface area (Å²) in [5.74, 6) is 0.667. The monoisotopic (exact) mass is 254 g/mol. The van der Waals surface area contributed by atoms with Crippen LogP contribution in [0.15, 0.2) is 24.3 Å². The summed E-state index contributed by atoms with van der Waals surface area (Å²) in [5.41, 5.74) is 0.972. The molecule has 0 saturated carbocycles. The van der Waals surface area contributed by atoms with Gasteiger partial charge in [0, 0.05) is 18.8 Å². The average Bonchev–Trinajstić information content (AvgIpc) is 2.79. The highest BCUT2D eigenvalue weighted by Gasteiger charge is 2.30. The minimum Gasteiger partial charge on any atom is -0.338 e. The van der Waals surface area contributed by atoms with Gasteiger partial charge in [0.25, 0.3) is 0 Å². The molecule has 2 rings (SSSR count). The summed E-state index contributed by atoms with van der Waals surface area (Å²) in [6.45, 7) is 3.25. The highest BCUT2D eigenvalue weighted by atomic mass is 32.2. The predicted molar refractivity (Wildman–Crippen MR) is 67.4 cm³/mol. The topological polar surface area (TPSA) is 32.3 Å². The van der Waals surface area contributed by atoms with Gasteiger partial charge in [-0.25, -0.2) is 9.18 Å². The maximum absolute atomic E-state index is 12.9. The Bertz CT molecular complexity index is 396. The van der Waals surface area contributed by atoms with E-state index in [9.17, 15) is 9.18 Å². The van der Waals surface area contributed by atoms with Crippen molar-refractivity contribution in [1.82, 2.24) is 10.2 Å². The molecular weight excluding hydrogens is 239 g/mol. The fourth-order valence-electron chi connectivity index (χ4n) is 1.83. The molecule has 0 spiro atoms. The van der Waals surface area contributed by atoms with Crippen LogP contribution in [0.4, 0.5) is 9.18 Å². The van der Waals surface area contributed by atoms with Gasteiger partial charge < -0.3 is 10.2 Å². The molecule has 3 nitrogen and oxygen atoms in total. The van der Waals surface area contributed by atoms with E-state index >= 15 is 0 Å². The first-order chi connectivity index (χ1) is 8.22. The second-order valence-corrected chi connectivity index (χ2v) is 4.99. The first kappa shape index (κ1) is 12.2. The van der Waals surface area contributed by atoms with E-state index in [-0.39, 0.29) is 17.2 Å². The molecule has 1 aliphatic heterocycles. The molecular formula is C12H15FN2OS. The minimum absolute atomic E-state index is 0.00199. The lowest BCUT2D eigenvalue weighted by Gasteiger charge is -2.24. The Labute approximate surface area is 104 Å². The molecule has 1 N–H and O–H groups in total. The molecule has 1 atom stereocenters. The summed E-state index contributed by atoms with van der Waals surface area (Å²) >= 11 is 1.71. The largest absolute Gasteiger partial charge is 0.338 e. The Morgan fingerprint density at radius 2 is 2.24 bits per heavy atom. The van der Waals surface area contributed by atoms with Crippen molar-refractivity contribution in [2.24, 2.45) is 0 Å². The van der Waals surface area contributed by atoms with Gasteiger partial charge in [0.05, 0.1) is 0 Å². The molecule has 17 heavy (non-hydrogen) atoms. The Balaban J connectivity index is 2.14. The van der Waals surface area contributed by atoms with Gasteiger partial charge in [-0.1, -0.05) is 12.1 Å². The Morgan fingerprint density at radius 1 is 1.53 bits per heavy atom. The molecule has 92 valence electrons. The standard InChI is InChI=1S/C12H15FN2OS/c1-2-14-12(16)15-7-8-17-11(15)9-3-5-10(13)6-4-9/h3-6,11H,2,7-8H2,1H3,(H,14,16)/t11-/m0/s1. The highest BCUT2D eigenvalue weighted by Crippen LogP contribution is 2.37. The van der Waals surface area contributed by atoms with Gasteiger partial charge in [0.15, 0.2) is 0 Å². The lowest BCUT2D eigenvalue weighted by molar-refractivity contribution is 0.201. The summed E-state index contributed by atoms with van der Waals surface area (Å²) < 4.78 is 12.9. The maximum Gasteiger partial charge on any atom is 0.318 e. The van der Waals surface area contributed by atoms with Gasteiger partial charge in [-0.15, -0.1) is 11.8 Å². The van der Waals surface area contributed by atoms with Gasteiger partial charge in [0.1, 0.15) is 11.2 Å². The van der Waals surface area contributed by atoms with Gasteiger partial charge in [-0.3, -0.25) is 0 Å². The van der Waals surface area contributed by atoms with Crippen molar-refractivity contribution in [3.05, 3.63) is 35.6 Å². The number of urea groups is 1. The van der Waals surface area contributed by atoms with E-state index in [1.54, 1.807) is 28.8 Å². The third-order valence-corrected chi connectivity index (χ3v) is 3.90. The van der Waals surface area contributed by atoms with Crippen LogP contribution in [0.1, 0.15) is 17.9 Å². The molecule has 5 heteroatoms. The number of rotatable bonds is 2. The van der Waals surface area contributed by atoms with Crippen LogP contribution in [-0.4, -0.2) is 29.8 Å². The number of amides is 2. The Kier molecular flexibility index (Phi) is 3.89. The predicted octanol–water partition coefficient (Wildman–Crippen LogP) is 2.60. The van der Waals surface area contributed by atoms with E-state index in [4.69, 9.17) is 0 Å². The van der Waals surface area contributed by atoms with Crippen molar-refractivity contribution in [2.45, 2.75) is 12.3 Å². The Hall–Kier alpha value is -1.23. The molecule has 0 aliphatic carbocycles. The molecule has 1 fully saturated rings. The molecule has 1 saturated heterocycles. The van der Waals surface area contributed by atoms with Crippen molar-refractivity contribution < 1.29 is 9.18 Å². The fourth-order valence-corrected chi connectivity index (χ4v) is 3.09. The number of benzene rings is 1. The van der Waals surface area contributed by atoms with E-state index < -0.39 is 0 Å². The first-order valence-electron chi connectivity index (χ1n) is 5.64. The summed E-state index contributed by atoms with van der Waals surface area (Å²) in [7, 11) is 0. The van der Waals surface area contributed by atoms with Crippen molar-refractivity contribution in [1.29, 1.82) is 0 Å². The zero-order valence-electron chi connectivity index (χ0n) is 9.65. The highest BCUT2D eigenvalue weighted by molar-refractivity contribution is 7.99. The first-order valence-corrected chi connectivity index (χ1v) is 6.68. The SMILES string of the molecule is CCNC(=O)N1CCS[C@H]1c1ccc(F)cc1. The summed E-state index contributed by atoms with van der Waals surface area (Å²) in [5, 5.41) is 2.80. The van der Waals surface area contributed by atoms with Crippen molar-refractivity contribution in [2.75, 3.05) is 18.8 Å². The molecule has 0 aromatic heterocycles. The van der Waals surface area contributed by atoms with Crippen molar-refractivity contribution in [3.8, 4) is 0 Å². The van der Waals surface area contributed by atoms with Gasteiger partial charge in [0.2, 0.25) is 0 Å². The summed E-state index contributed by atoms with van der Waals surface area (Å²) in [6, 6.07) is 6.30. The van der Waals surface area contributed by atoms with E-state index in [1.165, 1.54) is 12.1 Å². The average molecular weight is 254 g/mol. The fraction of sp³-hybridized carbons (Fsp3) is 0.417. The number of thioether (sulfide) groups is 1. The van der Waals surface area contributed by atoms with Gasteiger partial charge in [-0.05, 0) is 24.6 Å². The lowest BCUT2D eigenvalue weighted by atomic mass is 10.2. The molecule has 0 radical (unpaired) electrons. The van der Waals surface area contributed by atoms with Gasteiger partial charge in [-0.2, -0.15) is 0 Å².